The van der Waals surface area contributed by atoms with E-state index < -0.39 is 32.7 Å². The molecule has 0 N–H and O–H groups in total. The van der Waals surface area contributed by atoms with Crippen molar-refractivity contribution in [3.63, 3.8) is 0 Å². The van der Waals surface area contributed by atoms with Gasteiger partial charge < -0.3 is 14.2 Å². The fraction of sp³-hybridized carbons (Fsp3) is 0.500. The smallest absolute Gasteiger partial charge is 0.268 e. The number of carbonyl (C=O) groups excluding carboxylic acids is 2. The largest absolute Gasteiger partial charge is 0.477 e. The zero-order valence-corrected chi connectivity index (χ0v) is 26.2. The van der Waals surface area contributed by atoms with Gasteiger partial charge >= 0.3 is 0 Å². The lowest BCUT2D eigenvalue weighted by atomic mass is 9.93. The lowest BCUT2D eigenvalue weighted by Gasteiger charge is -2.33. The Hall–Kier alpha value is -3.21. The predicted octanol–water partition coefficient (Wildman–Crippen LogP) is 5.06. The Morgan fingerprint density at radius 2 is 1.17 bits per heavy atom. The van der Waals surface area contributed by atoms with Crippen molar-refractivity contribution in [3.8, 4) is 0 Å². The number of sulfonamides is 1. The molecule has 42 heavy (non-hydrogen) atoms. The van der Waals surface area contributed by atoms with Gasteiger partial charge in [0.2, 0.25) is 15.9 Å². The van der Waals surface area contributed by atoms with Crippen LogP contribution in [0.3, 0.4) is 0 Å². The normalized spacial score (nSPS) is 22.8. The molecule has 2 aliphatic rings. The second-order valence-corrected chi connectivity index (χ2v) is 15.4. The maximum atomic E-state index is 14.0. The summed E-state index contributed by atoms with van der Waals surface area (Å²) in [6.45, 7) is 13.4. The molecule has 10 heteroatoms. The quantitative estimate of drug-likeness (QED) is 0.454. The summed E-state index contributed by atoms with van der Waals surface area (Å²) in [6.07, 6.45) is 1.28. The number of imide groups is 1. The van der Waals surface area contributed by atoms with Gasteiger partial charge in [-0.2, -0.15) is 0 Å². The van der Waals surface area contributed by atoms with Crippen LogP contribution in [0.2, 0.25) is 0 Å². The van der Waals surface area contributed by atoms with E-state index in [1.54, 1.807) is 48.5 Å². The van der Waals surface area contributed by atoms with Gasteiger partial charge in [0.15, 0.2) is 0 Å². The maximum Gasteiger partial charge on any atom is 0.268 e. The first-order valence-electron chi connectivity index (χ1n) is 14.1. The van der Waals surface area contributed by atoms with Crippen molar-refractivity contribution in [1.29, 1.82) is 0 Å². The van der Waals surface area contributed by atoms with Crippen LogP contribution in [0.25, 0.3) is 0 Å². The fourth-order valence-corrected chi connectivity index (χ4v) is 6.37. The summed E-state index contributed by atoms with van der Waals surface area (Å²) in [5, 5.41) is 0. The Labute approximate surface area is 249 Å². The molecule has 228 valence electrons. The minimum atomic E-state index is -3.99. The second-order valence-electron chi connectivity index (χ2n) is 13.5. The highest BCUT2D eigenvalue weighted by Gasteiger charge is 2.41. The molecular weight excluding hydrogens is 556 g/mol. The van der Waals surface area contributed by atoms with Gasteiger partial charge in [-0.1, -0.05) is 84.0 Å². The molecule has 0 spiro atoms. The molecule has 0 unspecified atom stereocenters. The van der Waals surface area contributed by atoms with Gasteiger partial charge in [-0.15, -0.1) is 0 Å². The summed E-state index contributed by atoms with van der Waals surface area (Å²) in [4.78, 5) is 27.9. The van der Waals surface area contributed by atoms with Crippen molar-refractivity contribution in [2.75, 3.05) is 39.6 Å². The number of amides is 2. The zero-order chi connectivity index (χ0) is 30.8. The van der Waals surface area contributed by atoms with Crippen LogP contribution in [0.1, 0.15) is 67.8 Å². The SMILES string of the molecule is CC1(C)COCC(C)(C)CO/C(N2C(=O)c3ccccc3C2=O)=C/N(S(=O)(=O)Cc2ccccc2)CC(C)(C)COC1. The van der Waals surface area contributed by atoms with E-state index in [-0.39, 0.29) is 47.9 Å². The molecule has 0 radical (unpaired) electrons. The number of nitrogens with zero attached hydrogens (tertiary/aromatic N) is 2. The van der Waals surface area contributed by atoms with E-state index in [0.29, 0.717) is 25.4 Å². The van der Waals surface area contributed by atoms with Crippen LogP contribution < -0.4 is 0 Å². The van der Waals surface area contributed by atoms with Crippen molar-refractivity contribution < 1.29 is 32.2 Å². The zero-order valence-electron chi connectivity index (χ0n) is 25.4. The maximum absolute atomic E-state index is 14.0. The first-order chi connectivity index (χ1) is 19.6. The summed E-state index contributed by atoms with van der Waals surface area (Å²) >= 11 is 0. The van der Waals surface area contributed by atoms with Gasteiger partial charge in [-0.3, -0.25) is 13.9 Å². The highest BCUT2D eigenvalue weighted by atomic mass is 32.2. The second kappa shape index (κ2) is 12.2. The molecule has 0 saturated carbocycles. The molecular formula is C32H42N2O7S. The van der Waals surface area contributed by atoms with E-state index in [1.165, 1.54) is 10.5 Å². The van der Waals surface area contributed by atoms with Crippen molar-refractivity contribution in [1.82, 2.24) is 9.21 Å². The third kappa shape index (κ3) is 7.79. The lowest BCUT2D eigenvalue weighted by molar-refractivity contribution is -0.0506. The summed E-state index contributed by atoms with van der Waals surface area (Å²) in [5.74, 6) is -1.57. The number of fused-ring (bicyclic) bond motifs is 1. The first kappa shape index (κ1) is 31.7. The van der Waals surface area contributed by atoms with Crippen LogP contribution in [0, 0.1) is 16.2 Å². The highest BCUT2D eigenvalue weighted by Crippen LogP contribution is 2.31. The molecule has 4 rings (SSSR count). The van der Waals surface area contributed by atoms with E-state index in [2.05, 4.69) is 13.8 Å². The van der Waals surface area contributed by atoms with Crippen molar-refractivity contribution in [3.05, 3.63) is 83.4 Å². The summed E-state index contributed by atoms with van der Waals surface area (Å²) in [5.41, 5.74) is -0.346. The molecule has 0 atom stereocenters. The topological polar surface area (TPSA) is 102 Å². The molecule has 0 aromatic heterocycles. The lowest BCUT2D eigenvalue weighted by Crippen LogP contribution is -2.41. The molecule has 2 aliphatic heterocycles. The standard InChI is InChI=1S/C32H42N2O7S/c1-30(2)18-33(42(37,38)17-24-12-8-7-9-13-24)16-27(34-28(35)25-14-10-11-15-26(25)29(34)36)41-23-32(5,6)22-40-21-31(3,4)20-39-19-30/h7-16H,17-23H2,1-6H3/b27-16+. The Kier molecular flexibility index (Phi) is 9.20. The highest BCUT2D eigenvalue weighted by molar-refractivity contribution is 7.88. The van der Waals surface area contributed by atoms with Crippen LogP contribution in [-0.2, 0) is 30.0 Å². The van der Waals surface area contributed by atoms with Crippen LogP contribution in [0.15, 0.2) is 66.7 Å². The fourth-order valence-electron chi connectivity index (χ4n) is 4.79. The Morgan fingerprint density at radius 1 is 0.690 bits per heavy atom. The molecule has 2 amide bonds. The summed E-state index contributed by atoms with van der Waals surface area (Å²) in [7, 11) is -3.99. The average Bonchev–Trinajstić information content (AvgIpc) is 3.15. The van der Waals surface area contributed by atoms with Crippen molar-refractivity contribution in [2.45, 2.75) is 47.3 Å². The number of hydrogen-bond donors (Lipinski definition) is 0. The Morgan fingerprint density at radius 3 is 1.71 bits per heavy atom. The molecule has 2 aromatic carbocycles. The van der Waals surface area contributed by atoms with Gasteiger partial charge in [0.25, 0.3) is 11.8 Å². The molecule has 2 aromatic rings. The van der Waals surface area contributed by atoms with E-state index >= 15 is 0 Å². The third-order valence-corrected chi connectivity index (χ3v) is 8.63. The monoisotopic (exact) mass is 598 g/mol. The van der Waals surface area contributed by atoms with E-state index in [0.717, 1.165) is 4.90 Å². The molecule has 2 heterocycles. The molecule has 0 saturated heterocycles. The van der Waals surface area contributed by atoms with Gasteiger partial charge in [-0.25, -0.2) is 13.3 Å². The Balaban J connectivity index is 1.80. The number of ether oxygens (including phenoxy) is 3. The van der Waals surface area contributed by atoms with Crippen molar-refractivity contribution in [2.24, 2.45) is 16.2 Å². The van der Waals surface area contributed by atoms with Gasteiger partial charge in [-0.05, 0) is 17.7 Å². The first-order valence-corrected chi connectivity index (χ1v) is 15.7. The molecule has 0 fully saturated rings. The van der Waals surface area contributed by atoms with Crippen molar-refractivity contribution >= 4 is 21.8 Å². The predicted molar refractivity (Wildman–Crippen MR) is 160 cm³/mol. The van der Waals surface area contributed by atoms with E-state index in [1.807, 2.05) is 33.8 Å². The number of hydrogen-bond acceptors (Lipinski definition) is 7. The van der Waals surface area contributed by atoms with Crippen LogP contribution in [0.5, 0.6) is 0 Å². The van der Waals surface area contributed by atoms with E-state index in [9.17, 15) is 18.0 Å². The molecule has 0 bridgehead atoms. The third-order valence-electron chi connectivity index (χ3n) is 6.98. The number of benzene rings is 2. The molecule has 0 aliphatic carbocycles. The van der Waals surface area contributed by atoms with Gasteiger partial charge in [0, 0.05) is 22.8 Å². The average molecular weight is 599 g/mol. The summed E-state index contributed by atoms with van der Waals surface area (Å²) in [6, 6.07) is 15.4. The van der Waals surface area contributed by atoms with Crippen LogP contribution >= 0.6 is 0 Å². The van der Waals surface area contributed by atoms with Crippen LogP contribution in [0.4, 0.5) is 0 Å². The summed E-state index contributed by atoms with van der Waals surface area (Å²) < 4.78 is 47.5. The number of carbonyl (C=O) groups is 2. The number of rotatable bonds is 4. The van der Waals surface area contributed by atoms with Crippen LogP contribution in [-0.4, -0.2) is 69.0 Å². The minimum Gasteiger partial charge on any atom is -0.477 e. The van der Waals surface area contributed by atoms with E-state index in [4.69, 9.17) is 14.2 Å². The minimum absolute atomic E-state index is 0.0263. The van der Waals surface area contributed by atoms with Gasteiger partial charge in [0.1, 0.15) is 0 Å². The van der Waals surface area contributed by atoms with Gasteiger partial charge in [0.05, 0.1) is 56.1 Å². The molecule has 9 nitrogen and oxygen atoms in total. The Bertz CT molecular complexity index is 1400.